The first-order valence-electron chi connectivity index (χ1n) is 7.33. The van der Waals surface area contributed by atoms with Gasteiger partial charge in [-0.15, -0.1) is 10.2 Å². The highest BCUT2D eigenvalue weighted by Crippen LogP contribution is 2.38. The van der Waals surface area contributed by atoms with E-state index in [0.717, 1.165) is 0 Å². The Morgan fingerprint density at radius 2 is 2.12 bits per heavy atom. The summed E-state index contributed by atoms with van der Waals surface area (Å²) in [6.45, 7) is 3.02. The second-order valence-electron chi connectivity index (χ2n) is 5.53. The maximum absolute atomic E-state index is 13.2. The minimum absolute atomic E-state index is 0.113. The predicted octanol–water partition coefficient (Wildman–Crippen LogP) is 3.62. The molecule has 0 N–H and O–H groups in total. The Morgan fingerprint density at radius 3 is 2.79 bits per heavy atom. The molecule has 0 amide bonds. The van der Waals surface area contributed by atoms with Crippen molar-refractivity contribution < 1.29 is 22.3 Å². The summed E-state index contributed by atoms with van der Waals surface area (Å²) in [6.07, 6.45) is -4.95. The highest BCUT2D eigenvalue weighted by Gasteiger charge is 2.36. The molecule has 1 aromatic heterocycles. The molecule has 1 unspecified atom stereocenters. The van der Waals surface area contributed by atoms with E-state index in [4.69, 9.17) is 20.8 Å². The van der Waals surface area contributed by atoms with Crippen molar-refractivity contribution in [3.05, 3.63) is 46.1 Å². The van der Waals surface area contributed by atoms with Crippen molar-refractivity contribution in [2.45, 2.75) is 25.7 Å². The number of hydrogen-bond acceptors (Lipinski definition) is 5. The van der Waals surface area contributed by atoms with Crippen LogP contribution in [-0.2, 0) is 17.5 Å². The van der Waals surface area contributed by atoms with Gasteiger partial charge >= 0.3 is 6.18 Å². The van der Waals surface area contributed by atoms with Crippen LogP contribution in [0, 0.1) is 6.92 Å². The number of ether oxygens (including phenoxy) is 1. The Labute approximate surface area is 141 Å². The fourth-order valence-corrected chi connectivity index (χ4v) is 3.00. The van der Waals surface area contributed by atoms with Crippen molar-refractivity contribution in [1.82, 2.24) is 15.1 Å². The van der Waals surface area contributed by atoms with Crippen LogP contribution in [-0.4, -0.2) is 34.8 Å². The summed E-state index contributed by atoms with van der Waals surface area (Å²) in [5, 5.41) is 7.37. The largest absolute Gasteiger partial charge is 0.423 e. The molecule has 9 heteroatoms. The fourth-order valence-electron chi connectivity index (χ4n) is 2.70. The zero-order valence-electron chi connectivity index (χ0n) is 12.8. The molecule has 0 saturated carbocycles. The average Bonchev–Trinajstić information content (AvgIpc) is 2.93. The van der Waals surface area contributed by atoms with Crippen LogP contribution in [0.4, 0.5) is 13.2 Å². The van der Waals surface area contributed by atoms with E-state index in [-0.39, 0.29) is 17.1 Å². The standard InChI is InChI=1S/C15H15ClF3N3O2/c1-9-20-21-14(24-9)12-8-22(5-6-23-12)7-10-3-2-4-11(16)13(10)15(17,18)19/h2-4,12H,5-8H2,1H3. The van der Waals surface area contributed by atoms with Crippen molar-refractivity contribution in [2.24, 2.45) is 0 Å². The molecule has 5 nitrogen and oxygen atoms in total. The van der Waals surface area contributed by atoms with E-state index < -0.39 is 17.8 Å². The van der Waals surface area contributed by atoms with Crippen LogP contribution in [0.5, 0.6) is 0 Å². The van der Waals surface area contributed by atoms with Crippen LogP contribution in [0.2, 0.25) is 5.02 Å². The molecule has 1 fully saturated rings. The van der Waals surface area contributed by atoms with Gasteiger partial charge in [-0.1, -0.05) is 23.7 Å². The van der Waals surface area contributed by atoms with Gasteiger partial charge in [-0.3, -0.25) is 4.90 Å². The third-order valence-corrected chi connectivity index (χ3v) is 4.06. The van der Waals surface area contributed by atoms with Crippen molar-refractivity contribution in [1.29, 1.82) is 0 Å². The Morgan fingerprint density at radius 1 is 1.33 bits per heavy atom. The van der Waals surface area contributed by atoms with E-state index in [1.54, 1.807) is 6.92 Å². The maximum Gasteiger partial charge on any atom is 0.418 e. The Balaban J connectivity index is 1.78. The zero-order chi connectivity index (χ0) is 17.3. The lowest BCUT2D eigenvalue weighted by atomic mass is 10.1. The molecule has 1 saturated heterocycles. The molecular weight excluding hydrogens is 347 g/mol. The number of halogens is 4. The van der Waals surface area contributed by atoms with Crippen LogP contribution in [0.3, 0.4) is 0 Å². The van der Waals surface area contributed by atoms with Gasteiger partial charge in [0.05, 0.1) is 17.2 Å². The molecule has 130 valence electrons. The lowest BCUT2D eigenvalue weighted by molar-refractivity contribution is -0.138. The van der Waals surface area contributed by atoms with Crippen LogP contribution in [0.1, 0.15) is 29.0 Å². The van der Waals surface area contributed by atoms with Crippen LogP contribution in [0.25, 0.3) is 0 Å². The highest BCUT2D eigenvalue weighted by atomic mass is 35.5. The first-order chi connectivity index (χ1) is 11.3. The normalized spacial score (nSPS) is 19.6. The lowest BCUT2D eigenvalue weighted by Gasteiger charge is -2.31. The summed E-state index contributed by atoms with van der Waals surface area (Å²) in [4.78, 5) is 1.86. The Kier molecular flexibility index (Phi) is 4.80. The molecule has 2 aromatic rings. The topological polar surface area (TPSA) is 51.4 Å². The summed E-state index contributed by atoms with van der Waals surface area (Å²) in [5.41, 5.74) is -0.652. The van der Waals surface area contributed by atoms with Crippen LogP contribution < -0.4 is 0 Å². The monoisotopic (exact) mass is 361 g/mol. The van der Waals surface area contributed by atoms with Gasteiger partial charge in [-0.05, 0) is 11.6 Å². The fraction of sp³-hybridized carbons (Fsp3) is 0.467. The lowest BCUT2D eigenvalue weighted by Crippen LogP contribution is -2.38. The van der Waals surface area contributed by atoms with Crippen molar-refractivity contribution in [2.75, 3.05) is 19.7 Å². The molecule has 3 rings (SSSR count). The molecule has 1 aromatic carbocycles. The first-order valence-corrected chi connectivity index (χ1v) is 7.71. The maximum atomic E-state index is 13.2. The number of hydrogen-bond donors (Lipinski definition) is 0. The van der Waals surface area contributed by atoms with Gasteiger partial charge in [0, 0.05) is 26.6 Å². The Bertz CT molecular complexity index is 720. The third-order valence-electron chi connectivity index (χ3n) is 3.74. The number of aryl methyl sites for hydroxylation is 1. The number of morpholine rings is 1. The van der Waals surface area contributed by atoms with Gasteiger partial charge in [0.15, 0.2) is 0 Å². The molecule has 0 bridgehead atoms. The van der Waals surface area contributed by atoms with Gasteiger partial charge in [-0.2, -0.15) is 13.2 Å². The van der Waals surface area contributed by atoms with Gasteiger partial charge in [-0.25, -0.2) is 0 Å². The number of rotatable bonds is 3. The van der Waals surface area contributed by atoms with E-state index >= 15 is 0 Å². The molecule has 1 atom stereocenters. The molecule has 2 heterocycles. The van der Waals surface area contributed by atoms with E-state index in [2.05, 4.69) is 10.2 Å². The van der Waals surface area contributed by atoms with Gasteiger partial charge in [0.1, 0.15) is 6.10 Å². The minimum Gasteiger partial charge on any atom is -0.423 e. The first kappa shape index (κ1) is 17.2. The molecule has 24 heavy (non-hydrogen) atoms. The summed E-state index contributed by atoms with van der Waals surface area (Å²) < 4.78 is 50.7. The number of nitrogens with zero attached hydrogens (tertiary/aromatic N) is 3. The van der Waals surface area contributed by atoms with E-state index in [1.807, 2.05) is 4.90 Å². The summed E-state index contributed by atoms with van der Waals surface area (Å²) >= 11 is 5.76. The number of alkyl halides is 3. The minimum atomic E-state index is -4.50. The van der Waals surface area contributed by atoms with Crippen LogP contribution >= 0.6 is 11.6 Å². The van der Waals surface area contributed by atoms with Gasteiger partial charge in [0.2, 0.25) is 11.8 Å². The van der Waals surface area contributed by atoms with Gasteiger partial charge < -0.3 is 9.15 Å². The molecule has 1 aliphatic rings. The molecule has 0 radical (unpaired) electrons. The molecule has 0 aliphatic carbocycles. The predicted molar refractivity (Wildman–Crippen MR) is 79.5 cm³/mol. The molecule has 1 aliphatic heterocycles. The second-order valence-corrected chi connectivity index (χ2v) is 5.93. The summed E-state index contributed by atoms with van der Waals surface area (Å²) in [6, 6.07) is 4.21. The van der Waals surface area contributed by atoms with Crippen molar-refractivity contribution in [3.8, 4) is 0 Å². The SMILES string of the molecule is Cc1nnc(C2CN(Cc3cccc(Cl)c3C(F)(F)F)CCO2)o1. The third kappa shape index (κ3) is 3.71. The van der Waals surface area contributed by atoms with Crippen molar-refractivity contribution >= 4 is 11.6 Å². The molecular formula is C15H15ClF3N3O2. The number of aromatic nitrogens is 2. The molecule has 0 spiro atoms. The number of benzene rings is 1. The van der Waals surface area contributed by atoms with Crippen molar-refractivity contribution in [3.63, 3.8) is 0 Å². The quantitative estimate of drug-likeness (QED) is 0.835. The van der Waals surface area contributed by atoms with E-state index in [9.17, 15) is 13.2 Å². The second kappa shape index (κ2) is 6.70. The van der Waals surface area contributed by atoms with Crippen LogP contribution in [0.15, 0.2) is 22.6 Å². The highest BCUT2D eigenvalue weighted by molar-refractivity contribution is 6.31. The summed E-state index contributed by atoms with van der Waals surface area (Å²) in [5.74, 6) is 0.749. The summed E-state index contributed by atoms with van der Waals surface area (Å²) in [7, 11) is 0. The van der Waals surface area contributed by atoms with Gasteiger partial charge in [0.25, 0.3) is 0 Å². The Hall–Kier alpha value is -1.64. The average molecular weight is 362 g/mol. The zero-order valence-corrected chi connectivity index (χ0v) is 13.6. The van der Waals surface area contributed by atoms with E-state index in [0.29, 0.717) is 31.5 Å². The smallest absolute Gasteiger partial charge is 0.418 e. The van der Waals surface area contributed by atoms with E-state index in [1.165, 1.54) is 18.2 Å².